The zero-order valence-corrected chi connectivity index (χ0v) is 12.3. The monoisotopic (exact) mass is 260 g/mol. The molecule has 0 aliphatic rings. The lowest BCUT2D eigenvalue weighted by Crippen LogP contribution is -2.16. The first-order chi connectivity index (χ1) is 8.61. The highest BCUT2D eigenvalue weighted by atomic mass is 32.1. The molecule has 1 unspecified atom stereocenters. The van der Waals surface area contributed by atoms with Gasteiger partial charge in [-0.3, -0.25) is 0 Å². The molecule has 18 heavy (non-hydrogen) atoms. The van der Waals surface area contributed by atoms with Crippen molar-refractivity contribution in [3.05, 3.63) is 40.4 Å². The van der Waals surface area contributed by atoms with Gasteiger partial charge in [0.2, 0.25) is 0 Å². The molecular formula is C15H20N2S. The summed E-state index contributed by atoms with van der Waals surface area (Å²) < 4.78 is 0. The van der Waals surface area contributed by atoms with Gasteiger partial charge in [-0.25, -0.2) is 4.98 Å². The molecule has 0 spiro atoms. The second-order valence-corrected chi connectivity index (χ2v) is 5.73. The lowest BCUT2D eigenvalue weighted by atomic mass is 10.1. The van der Waals surface area contributed by atoms with Gasteiger partial charge in [-0.05, 0) is 38.9 Å². The maximum atomic E-state index is 4.57. The minimum Gasteiger partial charge on any atom is -0.310 e. The molecule has 2 rings (SSSR count). The van der Waals surface area contributed by atoms with Gasteiger partial charge in [-0.2, -0.15) is 0 Å². The number of hydrogen-bond donors (Lipinski definition) is 1. The Morgan fingerprint density at radius 2 is 2.11 bits per heavy atom. The lowest BCUT2D eigenvalue weighted by molar-refractivity contribution is 0.606. The molecule has 0 fully saturated rings. The Balaban J connectivity index is 2.32. The highest BCUT2D eigenvalue weighted by Crippen LogP contribution is 2.31. The second kappa shape index (κ2) is 5.63. The molecule has 0 saturated carbocycles. The van der Waals surface area contributed by atoms with E-state index >= 15 is 0 Å². The molecule has 0 saturated heterocycles. The Labute approximate surface area is 113 Å². The third-order valence-corrected chi connectivity index (χ3v) is 4.30. The summed E-state index contributed by atoms with van der Waals surface area (Å²) in [4.78, 5) is 5.87. The first kappa shape index (κ1) is 13.2. The molecule has 0 aliphatic heterocycles. The predicted octanol–water partition coefficient (Wildman–Crippen LogP) is 4.10. The number of nitrogens with one attached hydrogen (secondary N) is 1. The Morgan fingerprint density at radius 1 is 1.33 bits per heavy atom. The minimum atomic E-state index is 0.381. The van der Waals surface area contributed by atoms with Gasteiger partial charge in [0.1, 0.15) is 5.01 Å². The first-order valence-corrected chi connectivity index (χ1v) is 7.20. The van der Waals surface area contributed by atoms with E-state index in [1.54, 1.807) is 11.3 Å². The fraction of sp³-hybridized carbons (Fsp3) is 0.400. The predicted molar refractivity (Wildman–Crippen MR) is 79.1 cm³/mol. The van der Waals surface area contributed by atoms with Crippen LogP contribution in [0.15, 0.2) is 24.4 Å². The van der Waals surface area contributed by atoms with Crippen LogP contribution in [0.5, 0.6) is 0 Å². The van der Waals surface area contributed by atoms with E-state index in [0.29, 0.717) is 6.04 Å². The molecule has 0 radical (unpaired) electrons. The van der Waals surface area contributed by atoms with Gasteiger partial charge in [0.05, 0.1) is 0 Å². The number of nitrogens with zero attached hydrogens (tertiary/aromatic N) is 1. The molecule has 96 valence electrons. The molecule has 2 aromatic rings. The number of aryl methyl sites for hydroxylation is 2. The molecule has 1 heterocycles. The standard InChI is InChI=1S/C15H20N2S/c1-5-16-12(4)14-9-17-15(18-14)13-8-10(2)6-7-11(13)3/h6-9,12,16H,5H2,1-4H3. The topological polar surface area (TPSA) is 24.9 Å². The molecule has 1 N–H and O–H groups in total. The Kier molecular flexibility index (Phi) is 4.15. The number of aromatic nitrogens is 1. The normalized spacial score (nSPS) is 12.7. The molecular weight excluding hydrogens is 240 g/mol. The van der Waals surface area contributed by atoms with Crippen molar-refractivity contribution in [2.24, 2.45) is 0 Å². The molecule has 3 heteroatoms. The quantitative estimate of drug-likeness (QED) is 0.895. The van der Waals surface area contributed by atoms with Crippen molar-refractivity contribution in [3.63, 3.8) is 0 Å². The zero-order valence-electron chi connectivity index (χ0n) is 11.4. The van der Waals surface area contributed by atoms with E-state index in [-0.39, 0.29) is 0 Å². The molecule has 0 aliphatic carbocycles. The molecule has 2 nitrogen and oxygen atoms in total. The van der Waals surface area contributed by atoms with E-state index in [2.05, 4.69) is 56.2 Å². The van der Waals surface area contributed by atoms with Crippen LogP contribution in [0.4, 0.5) is 0 Å². The van der Waals surface area contributed by atoms with E-state index in [1.807, 2.05) is 6.20 Å². The van der Waals surface area contributed by atoms with Crippen molar-refractivity contribution < 1.29 is 0 Å². The van der Waals surface area contributed by atoms with E-state index < -0.39 is 0 Å². The van der Waals surface area contributed by atoms with Crippen molar-refractivity contribution in [3.8, 4) is 10.6 Å². The number of thiazole rings is 1. The highest BCUT2D eigenvalue weighted by Gasteiger charge is 2.11. The molecule has 1 aromatic carbocycles. The highest BCUT2D eigenvalue weighted by molar-refractivity contribution is 7.15. The fourth-order valence-electron chi connectivity index (χ4n) is 1.98. The van der Waals surface area contributed by atoms with Crippen molar-refractivity contribution in [2.75, 3.05) is 6.54 Å². The molecule has 1 atom stereocenters. The van der Waals surface area contributed by atoms with Crippen LogP contribution < -0.4 is 5.32 Å². The van der Waals surface area contributed by atoms with Crippen LogP contribution in [0.2, 0.25) is 0 Å². The van der Waals surface area contributed by atoms with Gasteiger partial charge >= 0.3 is 0 Å². The fourth-order valence-corrected chi connectivity index (χ4v) is 3.01. The van der Waals surface area contributed by atoms with Crippen LogP contribution in [-0.2, 0) is 0 Å². The van der Waals surface area contributed by atoms with Crippen LogP contribution in [0.1, 0.15) is 35.9 Å². The average molecular weight is 260 g/mol. The Hall–Kier alpha value is -1.19. The summed E-state index contributed by atoms with van der Waals surface area (Å²) in [5.74, 6) is 0. The maximum Gasteiger partial charge on any atom is 0.123 e. The van der Waals surface area contributed by atoms with Gasteiger partial charge in [0, 0.05) is 22.7 Å². The van der Waals surface area contributed by atoms with Crippen LogP contribution in [0, 0.1) is 13.8 Å². The van der Waals surface area contributed by atoms with Crippen LogP contribution in [0.25, 0.3) is 10.6 Å². The maximum absolute atomic E-state index is 4.57. The van der Waals surface area contributed by atoms with Gasteiger partial charge < -0.3 is 5.32 Å². The van der Waals surface area contributed by atoms with E-state index in [4.69, 9.17) is 0 Å². The Morgan fingerprint density at radius 3 is 2.83 bits per heavy atom. The van der Waals surface area contributed by atoms with Gasteiger partial charge in [0.25, 0.3) is 0 Å². The van der Waals surface area contributed by atoms with Crippen molar-refractivity contribution in [1.29, 1.82) is 0 Å². The lowest BCUT2D eigenvalue weighted by Gasteiger charge is -2.08. The third kappa shape index (κ3) is 2.79. The van der Waals surface area contributed by atoms with Crippen molar-refractivity contribution >= 4 is 11.3 Å². The molecule has 0 amide bonds. The second-order valence-electron chi connectivity index (χ2n) is 4.67. The summed E-state index contributed by atoms with van der Waals surface area (Å²) in [6, 6.07) is 6.91. The number of hydrogen-bond acceptors (Lipinski definition) is 3. The largest absolute Gasteiger partial charge is 0.310 e. The van der Waals surface area contributed by atoms with Gasteiger partial charge in [-0.1, -0.05) is 24.6 Å². The van der Waals surface area contributed by atoms with E-state index in [9.17, 15) is 0 Å². The SMILES string of the molecule is CCNC(C)c1cnc(-c2cc(C)ccc2C)s1. The molecule has 0 bridgehead atoms. The minimum absolute atomic E-state index is 0.381. The average Bonchev–Trinajstić information content (AvgIpc) is 2.82. The first-order valence-electron chi connectivity index (χ1n) is 6.38. The molecule has 1 aromatic heterocycles. The van der Waals surface area contributed by atoms with Crippen molar-refractivity contribution in [2.45, 2.75) is 33.7 Å². The summed E-state index contributed by atoms with van der Waals surface area (Å²) in [6.07, 6.45) is 2.00. The summed E-state index contributed by atoms with van der Waals surface area (Å²) in [7, 11) is 0. The van der Waals surface area contributed by atoms with Crippen LogP contribution >= 0.6 is 11.3 Å². The summed E-state index contributed by atoms with van der Waals surface area (Å²) in [5.41, 5.74) is 3.83. The van der Waals surface area contributed by atoms with E-state index in [1.165, 1.54) is 21.6 Å². The van der Waals surface area contributed by atoms with Gasteiger partial charge in [0.15, 0.2) is 0 Å². The smallest absolute Gasteiger partial charge is 0.123 e. The number of benzene rings is 1. The summed E-state index contributed by atoms with van der Waals surface area (Å²) in [5, 5.41) is 4.54. The van der Waals surface area contributed by atoms with Crippen molar-refractivity contribution in [1.82, 2.24) is 10.3 Å². The summed E-state index contributed by atoms with van der Waals surface area (Å²) >= 11 is 1.78. The van der Waals surface area contributed by atoms with Crippen LogP contribution in [-0.4, -0.2) is 11.5 Å². The summed E-state index contributed by atoms with van der Waals surface area (Å²) in [6.45, 7) is 9.56. The third-order valence-electron chi connectivity index (χ3n) is 3.08. The van der Waals surface area contributed by atoms with Crippen LogP contribution in [0.3, 0.4) is 0 Å². The Bertz CT molecular complexity index is 531. The zero-order chi connectivity index (χ0) is 13.1. The van der Waals surface area contributed by atoms with Gasteiger partial charge in [-0.15, -0.1) is 11.3 Å². The van der Waals surface area contributed by atoms with E-state index in [0.717, 1.165) is 11.6 Å². The number of rotatable bonds is 4.